The van der Waals surface area contributed by atoms with Gasteiger partial charge in [0.2, 0.25) is 0 Å². The monoisotopic (exact) mass is 361 g/mol. The summed E-state index contributed by atoms with van der Waals surface area (Å²) in [5, 5.41) is 1.01. The molecule has 100 valence electrons. The number of nitrogens with one attached hydrogen (secondary N) is 1. The fourth-order valence-electron chi connectivity index (χ4n) is 1.41. The molecule has 2 rings (SSSR count). The van der Waals surface area contributed by atoms with E-state index in [1.807, 2.05) is 12.1 Å². The number of rotatable bonds is 4. The van der Waals surface area contributed by atoms with E-state index >= 15 is 0 Å². The highest BCUT2D eigenvalue weighted by Crippen LogP contribution is 2.34. The Morgan fingerprint density at radius 1 is 1.26 bits per heavy atom. The molecule has 0 aliphatic carbocycles. The number of nitrogens with zero attached hydrogens (tertiary/aromatic N) is 1. The Labute approximate surface area is 129 Å². The van der Waals surface area contributed by atoms with Crippen LogP contribution < -0.4 is 16.0 Å². The van der Waals surface area contributed by atoms with E-state index in [1.54, 1.807) is 18.2 Å². The van der Waals surface area contributed by atoms with E-state index in [0.717, 1.165) is 10.2 Å². The number of nitrogens with two attached hydrogens (primary N) is 1. The normalized spacial score (nSPS) is 10.3. The summed E-state index contributed by atoms with van der Waals surface area (Å²) < 4.78 is 6.31. The van der Waals surface area contributed by atoms with Crippen molar-refractivity contribution in [3.8, 4) is 5.75 Å². The zero-order valence-corrected chi connectivity index (χ0v) is 12.8. The van der Waals surface area contributed by atoms with Crippen LogP contribution in [0.3, 0.4) is 0 Å². The number of ether oxygens (including phenoxy) is 1. The van der Waals surface area contributed by atoms with Crippen LogP contribution in [0.4, 0.5) is 5.82 Å². The van der Waals surface area contributed by atoms with Crippen molar-refractivity contribution >= 4 is 44.9 Å². The molecule has 2 aromatic rings. The maximum atomic E-state index is 6.06. The summed E-state index contributed by atoms with van der Waals surface area (Å²) >= 11 is 15.3. The third kappa shape index (κ3) is 3.73. The van der Waals surface area contributed by atoms with Gasteiger partial charge in [-0.1, -0.05) is 29.3 Å². The predicted octanol–water partition coefficient (Wildman–Crippen LogP) is 4.02. The summed E-state index contributed by atoms with van der Waals surface area (Å²) in [6, 6.07) is 8.75. The minimum atomic E-state index is 0.271. The standard InChI is InChI=1S/C12H10BrCl2N3O/c13-8-4-10(15)11(5-9(8)14)19-6-7-2-1-3-12(17-7)18-16/h1-5H,6,16H2,(H,17,18). The van der Waals surface area contributed by atoms with Crippen molar-refractivity contribution < 1.29 is 4.74 Å². The first kappa shape index (κ1) is 14.4. The quantitative estimate of drug-likeness (QED) is 0.490. The SMILES string of the molecule is NNc1cccc(COc2cc(Cl)c(Br)cc2Cl)n1. The van der Waals surface area contributed by atoms with E-state index in [9.17, 15) is 0 Å². The first-order valence-corrected chi connectivity index (χ1v) is 6.85. The highest BCUT2D eigenvalue weighted by atomic mass is 79.9. The molecule has 3 N–H and O–H groups in total. The predicted molar refractivity (Wildman–Crippen MR) is 80.5 cm³/mol. The zero-order chi connectivity index (χ0) is 13.8. The Hall–Kier alpha value is -1.01. The van der Waals surface area contributed by atoms with Gasteiger partial charge in [-0.15, -0.1) is 0 Å². The van der Waals surface area contributed by atoms with Crippen molar-refractivity contribution in [1.82, 2.24) is 4.98 Å². The van der Waals surface area contributed by atoms with Gasteiger partial charge in [-0.05, 0) is 34.1 Å². The fraction of sp³-hybridized carbons (Fsp3) is 0.0833. The molecule has 0 saturated heterocycles. The summed E-state index contributed by atoms with van der Waals surface area (Å²) in [5.74, 6) is 6.36. The summed E-state index contributed by atoms with van der Waals surface area (Å²) in [7, 11) is 0. The van der Waals surface area contributed by atoms with E-state index < -0.39 is 0 Å². The van der Waals surface area contributed by atoms with Gasteiger partial charge in [0.25, 0.3) is 0 Å². The van der Waals surface area contributed by atoms with Crippen molar-refractivity contribution in [2.24, 2.45) is 5.84 Å². The van der Waals surface area contributed by atoms with E-state index in [1.165, 1.54) is 0 Å². The molecule has 0 atom stereocenters. The third-order valence-corrected chi connectivity index (χ3v) is 3.80. The van der Waals surface area contributed by atoms with Gasteiger partial charge in [-0.2, -0.15) is 0 Å². The van der Waals surface area contributed by atoms with Gasteiger partial charge < -0.3 is 10.2 Å². The highest BCUT2D eigenvalue weighted by Gasteiger charge is 2.07. The molecule has 1 aromatic carbocycles. The Balaban J connectivity index is 2.12. The third-order valence-electron chi connectivity index (χ3n) is 2.31. The summed E-state index contributed by atoms with van der Waals surface area (Å²) in [5.41, 5.74) is 3.20. The Morgan fingerprint density at radius 2 is 2.05 bits per heavy atom. The average molecular weight is 363 g/mol. The van der Waals surface area contributed by atoms with Crippen LogP contribution in [0, 0.1) is 0 Å². The number of anilines is 1. The Kier molecular flexibility index (Phi) is 4.87. The molecule has 1 aromatic heterocycles. The van der Waals surface area contributed by atoms with Gasteiger partial charge in [-0.3, -0.25) is 0 Å². The minimum absolute atomic E-state index is 0.271. The van der Waals surface area contributed by atoms with Crippen molar-refractivity contribution in [2.75, 3.05) is 5.43 Å². The maximum absolute atomic E-state index is 6.06. The van der Waals surface area contributed by atoms with Gasteiger partial charge >= 0.3 is 0 Å². The number of hydrazine groups is 1. The van der Waals surface area contributed by atoms with E-state index in [-0.39, 0.29) is 6.61 Å². The summed E-state index contributed by atoms with van der Waals surface area (Å²) in [6.45, 7) is 0.271. The van der Waals surface area contributed by atoms with Gasteiger partial charge in [0.15, 0.2) is 0 Å². The molecular weight excluding hydrogens is 353 g/mol. The Bertz CT molecular complexity index is 595. The number of hydrogen-bond donors (Lipinski definition) is 2. The molecule has 1 heterocycles. The number of halogens is 3. The second-order valence-corrected chi connectivity index (χ2v) is 5.31. The first-order chi connectivity index (χ1) is 9.10. The molecule has 7 heteroatoms. The molecule has 0 aliphatic rings. The number of nitrogen functional groups attached to an aromatic ring is 1. The van der Waals surface area contributed by atoms with Crippen LogP contribution in [0.25, 0.3) is 0 Å². The lowest BCUT2D eigenvalue weighted by Crippen LogP contribution is -2.09. The van der Waals surface area contributed by atoms with Crippen LogP contribution in [0.2, 0.25) is 10.0 Å². The van der Waals surface area contributed by atoms with Crippen LogP contribution in [-0.4, -0.2) is 4.98 Å². The first-order valence-electron chi connectivity index (χ1n) is 5.30. The highest BCUT2D eigenvalue weighted by molar-refractivity contribution is 9.10. The fourth-order valence-corrected chi connectivity index (χ4v) is 2.25. The van der Waals surface area contributed by atoms with Crippen molar-refractivity contribution in [3.63, 3.8) is 0 Å². The summed E-state index contributed by atoms with van der Waals surface area (Å²) in [4.78, 5) is 4.23. The molecule has 0 aliphatic heterocycles. The smallest absolute Gasteiger partial charge is 0.140 e. The van der Waals surface area contributed by atoms with Crippen LogP contribution in [0.15, 0.2) is 34.8 Å². The molecule has 0 fully saturated rings. The number of aromatic nitrogens is 1. The molecule has 0 unspecified atom stereocenters. The summed E-state index contributed by atoms with van der Waals surface area (Å²) in [6.07, 6.45) is 0. The molecule has 19 heavy (non-hydrogen) atoms. The lowest BCUT2D eigenvalue weighted by atomic mass is 10.3. The van der Waals surface area contributed by atoms with Gasteiger partial charge in [0.05, 0.1) is 15.7 Å². The second-order valence-electron chi connectivity index (χ2n) is 3.64. The molecule has 0 radical (unpaired) electrons. The molecule has 0 spiro atoms. The van der Waals surface area contributed by atoms with Gasteiger partial charge in [0, 0.05) is 10.5 Å². The van der Waals surface area contributed by atoms with Crippen LogP contribution >= 0.6 is 39.1 Å². The maximum Gasteiger partial charge on any atom is 0.140 e. The topological polar surface area (TPSA) is 60.2 Å². The molecular formula is C12H10BrCl2N3O. The van der Waals surface area contributed by atoms with Crippen LogP contribution in [-0.2, 0) is 6.61 Å². The molecule has 0 saturated carbocycles. The van der Waals surface area contributed by atoms with Crippen molar-refractivity contribution in [1.29, 1.82) is 0 Å². The Morgan fingerprint density at radius 3 is 2.79 bits per heavy atom. The van der Waals surface area contributed by atoms with E-state index in [0.29, 0.717) is 21.6 Å². The second kappa shape index (κ2) is 6.43. The molecule has 0 amide bonds. The van der Waals surface area contributed by atoms with Crippen LogP contribution in [0.1, 0.15) is 5.69 Å². The lowest BCUT2D eigenvalue weighted by molar-refractivity contribution is 0.301. The van der Waals surface area contributed by atoms with Gasteiger partial charge in [0.1, 0.15) is 18.2 Å². The molecule has 4 nitrogen and oxygen atoms in total. The zero-order valence-electron chi connectivity index (χ0n) is 9.66. The lowest BCUT2D eigenvalue weighted by Gasteiger charge is -2.09. The molecule has 0 bridgehead atoms. The minimum Gasteiger partial charge on any atom is -0.486 e. The largest absolute Gasteiger partial charge is 0.486 e. The average Bonchev–Trinajstić information content (AvgIpc) is 2.41. The van der Waals surface area contributed by atoms with E-state index in [4.69, 9.17) is 33.8 Å². The number of hydrogen-bond acceptors (Lipinski definition) is 4. The van der Waals surface area contributed by atoms with Gasteiger partial charge in [-0.25, -0.2) is 10.8 Å². The van der Waals surface area contributed by atoms with Crippen LogP contribution in [0.5, 0.6) is 5.75 Å². The number of benzene rings is 1. The number of pyridine rings is 1. The van der Waals surface area contributed by atoms with E-state index in [2.05, 4.69) is 26.3 Å². The van der Waals surface area contributed by atoms with Crippen molar-refractivity contribution in [3.05, 3.63) is 50.5 Å². The van der Waals surface area contributed by atoms with Crippen molar-refractivity contribution in [2.45, 2.75) is 6.61 Å².